The molecule has 7 nitrogen and oxygen atoms in total. The number of carbonyl (C=O) groups excluding carboxylic acids is 3. The molecule has 0 aliphatic rings. The van der Waals surface area contributed by atoms with Crippen LogP contribution >= 0.6 is 15.9 Å². The smallest absolute Gasteiger partial charge is 0.409 e. The Morgan fingerprint density at radius 3 is 2.24 bits per heavy atom. The number of hydrogen-bond acceptors (Lipinski definition) is 6. The summed E-state index contributed by atoms with van der Waals surface area (Å²) < 4.78 is 18.5. The molecule has 3 aromatic rings. The highest BCUT2D eigenvalue weighted by Crippen LogP contribution is 2.46. The Labute approximate surface area is 252 Å². The summed E-state index contributed by atoms with van der Waals surface area (Å²) in [5, 5.41) is 0.737. The fourth-order valence-electron chi connectivity index (χ4n) is 4.44. The lowest BCUT2D eigenvalue weighted by molar-refractivity contribution is -0.134. The topological polar surface area (TPSA) is 109 Å². The highest BCUT2D eigenvalue weighted by molar-refractivity contribution is 9.10. The lowest BCUT2D eigenvalue weighted by Crippen LogP contribution is -2.43. The summed E-state index contributed by atoms with van der Waals surface area (Å²) in [4.78, 5) is 37.9. The van der Waals surface area contributed by atoms with E-state index in [1.807, 2.05) is 30.3 Å². The van der Waals surface area contributed by atoms with Crippen molar-refractivity contribution < 1.29 is 28.0 Å². The fourth-order valence-corrected chi connectivity index (χ4v) is 5.97. The SMILES string of the molecule is CCC(=O)C(Cc1ccc2oc(-c3c(OC(N)=O)cccc3C(C)(C)C)c(Br)c2c1)C(=O)CO[Si](C)(C)C(C)(C)C. The molecule has 1 amide bonds. The fraction of sp³-hybridized carbons (Fsp3) is 0.469. The van der Waals surface area contributed by atoms with Gasteiger partial charge >= 0.3 is 6.09 Å². The zero-order valence-electron chi connectivity index (χ0n) is 25.6. The number of ether oxygens (including phenoxy) is 1. The molecule has 0 aliphatic heterocycles. The molecule has 2 N–H and O–H groups in total. The van der Waals surface area contributed by atoms with Crippen LogP contribution in [0, 0.1) is 5.92 Å². The van der Waals surface area contributed by atoms with Crippen LogP contribution in [0.25, 0.3) is 22.3 Å². The predicted octanol–water partition coefficient (Wildman–Crippen LogP) is 8.35. The summed E-state index contributed by atoms with van der Waals surface area (Å²) in [5.74, 6) is -0.288. The molecule has 9 heteroatoms. The van der Waals surface area contributed by atoms with Crippen molar-refractivity contribution >= 4 is 52.9 Å². The second-order valence-corrected chi connectivity index (χ2v) is 18.6. The molecular formula is C32H42BrNO6Si. The number of hydrogen-bond donors (Lipinski definition) is 1. The number of primary amides is 1. The Morgan fingerprint density at radius 2 is 1.68 bits per heavy atom. The Hall–Kier alpha value is -2.75. The summed E-state index contributed by atoms with van der Waals surface area (Å²) in [6.45, 7) is 18.4. The minimum Gasteiger partial charge on any atom is -0.455 e. The van der Waals surface area contributed by atoms with Crippen molar-refractivity contribution in [2.24, 2.45) is 11.7 Å². The van der Waals surface area contributed by atoms with E-state index in [0.29, 0.717) is 27.1 Å². The zero-order valence-corrected chi connectivity index (χ0v) is 28.2. The van der Waals surface area contributed by atoms with Gasteiger partial charge in [0.2, 0.25) is 0 Å². The molecule has 0 bridgehead atoms. The number of nitrogens with two attached hydrogens (primary N) is 1. The number of amides is 1. The third-order valence-electron chi connectivity index (χ3n) is 7.91. The van der Waals surface area contributed by atoms with E-state index in [0.717, 1.165) is 16.5 Å². The molecule has 0 radical (unpaired) electrons. The van der Waals surface area contributed by atoms with Crippen LogP contribution in [-0.2, 0) is 25.9 Å². The average Bonchev–Trinajstić information content (AvgIpc) is 3.19. The number of Topliss-reactive ketones (excluding diaryl/α,β-unsaturated/α-hetero) is 2. The maximum Gasteiger partial charge on any atom is 0.409 e. The molecule has 1 atom stereocenters. The molecule has 0 saturated heterocycles. The Balaban J connectivity index is 2.02. The molecule has 0 fully saturated rings. The van der Waals surface area contributed by atoms with Crippen LogP contribution in [0.15, 0.2) is 45.3 Å². The first-order valence-corrected chi connectivity index (χ1v) is 17.6. The third kappa shape index (κ3) is 7.37. The zero-order chi connectivity index (χ0) is 30.9. The number of ketones is 2. The second-order valence-electron chi connectivity index (χ2n) is 13.0. The molecule has 2 aromatic carbocycles. The highest BCUT2D eigenvalue weighted by Gasteiger charge is 2.38. The minimum atomic E-state index is -2.15. The average molecular weight is 645 g/mol. The largest absolute Gasteiger partial charge is 0.455 e. The van der Waals surface area contributed by atoms with Crippen LogP contribution in [0.3, 0.4) is 0 Å². The maximum absolute atomic E-state index is 13.3. The lowest BCUT2D eigenvalue weighted by Gasteiger charge is -2.36. The van der Waals surface area contributed by atoms with Crippen molar-refractivity contribution in [3.8, 4) is 17.1 Å². The van der Waals surface area contributed by atoms with E-state index >= 15 is 0 Å². The van der Waals surface area contributed by atoms with Crippen LogP contribution in [-0.4, -0.2) is 32.6 Å². The van der Waals surface area contributed by atoms with Crippen molar-refractivity contribution in [3.63, 3.8) is 0 Å². The standard InChI is InChI=1S/C32H42BrNO6Si/c1-10-23(35)20(24(36)18-38-41(8,9)32(5,6)7)16-19-14-15-25-21(17-19)28(33)29(39-25)27-22(31(2,3)4)12-11-13-26(27)40-30(34)37/h11-15,17,20H,10,16,18H2,1-9H3,(H2,34,37). The highest BCUT2D eigenvalue weighted by atomic mass is 79.9. The van der Waals surface area contributed by atoms with E-state index in [1.54, 1.807) is 13.0 Å². The number of fused-ring (bicyclic) bond motifs is 1. The molecule has 1 heterocycles. The van der Waals surface area contributed by atoms with Gasteiger partial charge in [-0.15, -0.1) is 0 Å². The Kier molecular flexibility index (Phi) is 9.77. The maximum atomic E-state index is 13.3. The summed E-state index contributed by atoms with van der Waals surface area (Å²) in [6, 6.07) is 11.1. The first kappa shape index (κ1) is 32.8. The van der Waals surface area contributed by atoms with Crippen molar-refractivity contribution in [3.05, 3.63) is 52.0 Å². The minimum absolute atomic E-state index is 0.0399. The Morgan fingerprint density at radius 1 is 1.02 bits per heavy atom. The van der Waals surface area contributed by atoms with Gasteiger partial charge in [-0.25, -0.2) is 4.79 Å². The van der Waals surface area contributed by atoms with Gasteiger partial charge < -0.3 is 19.3 Å². The Bertz CT molecular complexity index is 1460. The number of halogens is 1. The van der Waals surface area contributed by atoms with E-state index < -0.39 is 20.3 Å². The molecule has 0 spiro atoms. The summed E-state index contributed by atoms with van der Waals surface area (Å²) in [5.41, 5.74) is 8.05. The van der Waals surface area contributed by atoms with Crippen molar-refractivity contribution in [1.29, 1.82) is 0 Å². The van der Waals surface area contributed by atoms with E-state index in [-0.39, 0.29) is 41.5 Å². The molecule has 1 unspecified atom stereocenters. The first-order valence-electron chi connectivity index (χ1n) is 13.9. The van der Waals surface area contributed by atoms with Gasteiger partial charge in [0.1, 0.15) is 17.1 Å². The van der Waals surface area contributed by atoms with Gasteiger partial charge in [0.25, 0.3) is 0 Å². The summed E-state index contributed by atoms with van der Waals surface area (Å²) in [6.07, 6.45) is -0.380. The molecule has 1 aromatic heterocycles. The van der Waals surface area contributed by atoms with Crippen molar-refractivity contribution in [2.45, 2.75) is 84.9 Å². The van der Waals surface area contributed by atoms with Gasteiger partial charge in [0, 0.05) is 11.8 Å². The third-order valence-corrected chi connectivity index (χ3v) is 13.2. The molecule has 0 saturated carbocycles. The van der Waals surface area contributed by atoms with Gasteiger partial charge in [0.15, 0.2) is 19.9 Å². The van der Waals surface area contributed by atoms with E-state index in [9.17, 15) is 14.4 Å². The molecule has 222 valence electrons. The first-order chi connectivity index (χ1) is 18.9. The van der Waals surface area contributed by atoms with Gasteiger partial charge in [-0.1, -0.05) is 66.7 Å². The quantitative estimate of drug-likeness (QED) is 0.176. The van der Waals surface area contributed by atoms with Crippen LogP contribution < -0.4 is 10.5 Å². The number of rotatable bonds is 10. The molecular weight excluding hydrogens is 602 g/mol. The van der Waals surface area contributed by atoms with E-state index in [1.165, 1.54) is 0 Å². The molecule has 3 rings (SSSR count). The summed E-state index contributed by atoms with van der Waals surface area (Å²) >= 11 is 3.71. The molecule has 41 heavy (non-hydrogen) atoms. The van der Waals surface area contributed by atoms with Gasteiger partial charge in [-0.05, 0) is 75.2 Å². The normalized spacial score (nSPS) is 13.3. The van der Waals surface area contributed by atoms with Gasteiger partial charge in [-0.2, -0.15) is 0 Å². The van der Waals surface area contributed by atoms with Crippen LogP contribution in [0.1, 0.15) is 66.0 Å². The van der Waals surface area contributed by atoms with E-state index in [2.05, 4.69) is 70.6 Å². The number of furan rings is 1. The summed E-state index contributed by atoms with van der Waals surface area (Å²) in [7, 11) is -2.15. The van der Waals surface area contributed by atoms with Gasteiger partial charge in [-0.3, -0.25) is 9.59 Å². The van der Waals surface area contributed by atoms with Gasteiger partial charge in [0.05, 0.1) is 22.6 Å². The van der Waals surface area contributed by atoms with Crippen molar-refractivity contribution in [1.82, 2.24) is 0 Å². The molecule has 0 aliphatic carbocycles. The number of benzene rings is 2. The van der Waals surface area contributed by atoms with Crippen LogP contribution in [0.2, 0.25) is 18.1 Å². The lowest BCUT2D eigenvalue weighted by atomic mass is 9.82. The van der Waals surface area contributed by atoms with E-state index in [4.69, 9.17) is 19.3 Å². The second kappa shape index (κ2) is 12.2. The predicted molar refractivity (Wildman–Crippen MR) is 169 cm³/mol. The van der Waals surface area contributed by atoms with Crippen molar-refractivity contribution in [2.75, 3.05) is 6.61 Å². The monoisotopic (exact) mass is 643 g/mol. The number of carbonyl (C=O) groups is 3. The van der Waals surface area contributed by atoms with Crippen LogP contribution in [0.4, 0.5) is 4.79 Å². The van der Waals surface area contributed by atoms with Crippen LogP contribution in [0.5, 0.6) is 5.75 Å².